The second-order valence-corrected chi connectivity index (χ2v) is 3.81. The first-order valence-corrected chi connectivity index (χ1v) is 5.36. The van der Waals surface area contributed by atoms with Crippen LogP contribution in [0.15, 0.2) is 0 Å². The quantitative estimate of drug-likeness (QED) is 0.520. The Hall–Kier alpha value is -1.63. The van der Waals surface area contributed by atoms with Crippen molar-refractivity contribution in [3.8, 4) is 0 Å². The summed E-state index contributed by atoms with van der Waals surface area (Å²) in [5, 5.41) is 10.9. The van der Waals surface area contributed by atoms with Crippen LogP contribution < -0.4 is 11.1 Å². The van der Waals surface area contributed by atoms with Gasteiger partial charge >= 0.3 is 5.97 Å². The van der Waals surface area contributed by atoms with E-state index in [0.29, 0.717) is 0 Å². The van der Waals surface area contributed by atoms with Gasteiger partial charge in [-0.25, -0.2) is 0 Å². The number of carboxylic acids is 1. The Bertz CT molecular complexity index is 291. The summed E-state index contributed by atoms with van der Waals surface area (Å²) < 4.78 is 0. The molecule has 0 aliphatic rings. The van der Waals surface area contributed by atoms with Crippen LogP contribution in [0.4, 0.5) is 0 Å². The van der Waals surface area contributed by atoms with Crippen LogP contribution in [0.25, 0.3) is 0 Å². The van der Waals surface area contributed by atoms with Crippen molar-refractivity contribution >= 4 is 17.8 Å². The molecule has 0 heterocycles. The Labute approximate surface area is 100.0 Å². The van der Waals surface area contributed by atoms with Crippen LogP contribution in [0.2, 0.25) is 0 Å². The first kappa shape index (κ1) is 15.4. The van der Waals surface area contributed by atoms with Gasteiger partial charge in [-0.05, 0) is 13.8 Å². The molecule has 0 fully saturated rings. The van der Waals surface area contributed by atoms with E-state index in [9.17, 15) is 14.4 Å². The molecule has 4 N–H and O–H groups in total. The van der Waals surface area contributed by atoms with E-state index in [4.69, 9.17) is 10.8 Å². The molecular weight excluding hydrogens is 226 g/mol. The lowest BCUT2D eigenvalue weighted by Crippen LogP contribution is -2.45. The Morgan fingerprint density at radius 3 is 2.35 bits per heavy atom. The molecule has 0 aliphatic heterocycles. The third kappa shape index (κ3) is 6.52. The highest BCUT2D eigenvalue weighted by Gasteiger charge is 2.17. The zero-order valence-electron chi connectivity index (χ0n) is 10.1. The molecule has 0 spiro atoms. The van der Waals surface area contributed by atoms with Gasteiger partial charge in [0.05, 0.1) is 19.5 Å². The molecule has 0 atom stereocenters. The molecule has 0 aromatic carbocycles. The third-order valence-corrected chi connectivity index (χ3v) is 2.13. The van der Waals surface area contributed by atoms with Crippen LogP contribution in [0.1, 0.15) is 20.3 Å². The fourth-order valence-corrected chi connectivity index (χ4v) is 1.23. The summed E-state index contributed by atoms with van der Waals surface area (Å²) in [6.45, 7) is 3.36. The van der Waals surface area contributed by atoms with Crippen LogP contribution >= 0.6 is 0 Å². The lowest BCUT2D eigenvalue weighted by Gasteiger charge is -2.26. The normalized spacial score (nSPS) is 10.1. The number of rotatable bonds is 7. The Morgan fingerprint density at radius 2 is 1.94 bits per heavy atom. The molecule has 0 aromatic heterocycles. The maximum absolute atomic E-state index is 11.7. The number of hydrogen-bond donors (Lipinski definition) is 3. The standard InChI is InChI=1S/C10H19N3O4/c1-7(2)13(4-3-10(16)17)9(15)6-12-8(14)5-11/h7H,3-6,11H2,1-2H3,(H,12,14)(H,16,17). The SMILES string of the molecule is CC(C)N(CCC(=O)O)C(=O)CNC(=O)CN. The van der Waals surface area contributed by atoms with E-state index >= 15 is 0 Å². The van der Waals surface area contributed by atoms with Gasteiger partial charge in [0.15, 0.2) is 0 Å². The Morgan fingerprint density at radius 1 is 1.35 bits per heavy atom. The lowest BCUT2D eigenvalue weighted by molar-refractivity contribution is -0.139. The zero-order chi connectivity index (χ0) is 13.4. The van der Waals surface area contributed by atoms with E-state index in [1.807, 2.05) is 0 Å². The Kier molecular flexibility index (Phi) is 6.88. The summed E-state index contributed by atoms with van der Waals surface area (Å²) in [4.78, 5) is 34.4. The molecule has 0 saturated carbocycles. The van der Waals surface area contributed by atoms with Crippen molar-refractivity contribution in [3.05, 3.63) is 0 Å². The monoisotopic (exact) mass is 245 g/mol. The molecule has 0 aliphatic carbocycles. The van der Waals surface area contributed by atoms with E-state index in [1.54, 1.807) is 13.8 Å². The van der Waals surface area contributed by atoms with Crippen LogP contribution in [-0.2, 0) is 14.4 Å². The maximum Gasteiger partial charge on any atom is 0.305 e. The first-order valence-electron chi connectivity index (χ1n) is 5.36. The van der Waals surface area contributed by atoms with Gasteiger partial charge in [0, 0.05) is 12.6 Å². The van der Waals surface area contributed by atoms with Crippen molar-refractivity contribution in [2.75, 3.05) is 19.6 Å². The van der Waals surface area contributed by atoms with Crippen molar-refractivity contribution in [2.45, 2.75) is 26.3 Å². The molecule has 7 heteroatoms. The zero-order valence-corrected chi connectivity index (χ0v) is 10.1. The Balaban J connectivity index is 4.24. The number of nitrogens with two attached hydrogens (primary N) is 1. The smallest absolute Gasteiger partial charge is 0.305 e. The van der Waals surface area contributed by atoms with E-state index in [2.05, 4.69) is 5.32 Å². The molecule has 0 bridgehead atoms. The molecule has 2 amide bonds. The highest BCUT2D eigenvalue weighted by molar-refractivity contribution is 5.85. The molecule has 17 heavy (non-hydrogen) atoms. The molecule has 0 saturated heterocycles. The van der Waals surface area contributed by atoms with Gasteiger partial charge in [-0.3, -0.25) is 14.4 Å². The predicted molar refractivity (Wildman–Crippen MR) is 61.2 cm³/mol. The van der Waals surface area contributed by atoms with Gasteiger partial charge in [0.25, 0.3) is 0 Å². The second kappa shape index (κ2) is 7.61. The van der Waals surface area contributed by atoms with Crippen molar-refractivity contribution in [1.29, 1.82) is 0 Å². The van der Waals surface area contributed by atoms with Crippen molar-refractivity contribution in [3.63, 3.8) is 0 Å². The number of carbonyl (C=O) groups is 3. The summed E-state index contributed by atoms with van der Waals surface area (Å²) in [6.07, 6.45) is -0.116. The highest BCUT2D eigenvalue weighted by atomic mass is 16.4. The van der Waals surface area contributed by atoms with Crippen LogP contribution in [0.5, 0.6) is 0 Å². The lowest BCUT2D eigenvalue weighted by atomic mass is 10.2. The minimum absolute atomic E-state index is 0.114. The van der Waals surface area contributed by atoms with Crippen LogP contribution in [0, 0.1) is 0 Å². The molecule has 98 valence electrons. The predicted octanol–water partition coefficient (Wildman–Crippen LogP) is -1.23. The summed E-state index contributed by atoms with van der Waals surface area (Å²) in [7, 11) is 0. The molecule has 7 nitrogen and oxygen atoms in total. The van der Waals surface area contributed by atoms with Gasteiger partial charge in [-0.2, -0.15) is 0 Å². The fraction of sp³-hybridized carbons (Fsp3) is 0.700. The highest BCUT2D eigenvalue weighted by Crippen LogP contribution is 2.00. The third-order valence-electron chi connectivity index (χ3n) is 2.13. The summed E-state index contributed by atoms with van der Waals surface area (Å²) in [5.41, 5.74) is 5.08. The molecule has 0 aromatic rings. The van der Waals surface area contributed by atoms with Crippen molar-refractivity contribution in [1.82, 2.24) is 10.2 Å². The number of nitrogens with one attached hydrogen (secondary N) is 1. The molecule has 0 rings (SSSR count). The summed E-state index contributed by atoms with van der Waals surface area (Å²) in [6, 6.07) is -0.114. The minimum Gasteiger partial charge on any atom is -0.481 e. The summed E-state index contributed by atoms with van der Waals surface area (Å²) in [5.74, 6) is -1.70. The van der Waals surface area contributed by atoms with Gasteiger partial charge in [0.2, 0.25) is 11.8 Å². The fourth-order valence-electron chi connectivity index (χ4n) is 1.23. The van der Waals surface area contributed by atoms with E-state index in [1.165, 1.54) is 4.90 Å². The first-order chi connectivity index (χ1) is 7.88. The minimum atomic E-state index is -0.963. The van der Waals surface area contributed by atoms with E-state index < -0.39 is 11.9 Å². The van der Waals surface area contributed by atoms with Gasteiger partial charge in [0.1, 0.15) is 0 Å². The molecule has 0 unspecified atom stereocenters. The van der Waals surface area contributed by atoms with Crippen LogP contribution in [0.3, 0.4) is 0 Å². The van der Waals surface area contributed by atoms with Crippen LogP contribution in [-0.4, -0.2) is 53.5 Å². The number of nitrogens with zero attached hydrogens (tertiary/aromatic N) is 1. The summed E-state index contributed by atoms with van der Waals surface area (Å²) >= 11 is 0. The van der Waals surface area contributed by atoms with Gasteiger partial charge < -0.3 is 21.1 Å². The average Bonchev–Trinajstić information content (AvgIpc) is 2.25. The molecule has 0 radical (unpaired) electrons. The largest absolute Gasteiger partial charge is 0.481 e. The van der Waals surface area contributed by atoms with Crippen molar-refractivity contribution in [2.24, 2.45) is 5.73 Å². The van der Waals surface area contributed by atoms with Gasteiger partial charge in [-0.1, -0.05) is 0 Å². The average molecular weight is 245 g/mol. The van der Waals surface area contributed by atoms with E-state index in [0.717, 1.165) is 0 Å². The van der Waals surface area contributed by atoms with E-state index in [-0.39, 0.29) is 38.0 Å². The number of amides is 2. The number of carboxylic acid groups (broad SMARTS) is 1. The maximum atomic E-state index is 11.7. The van der Waals surface area contributed by atoms with Gasteiger partial charge in [-0.15, -0.1) is 0 Å². The topological polar surface area (TPSA) is 113 Å². The second-order valence-electron chi connectivity index (χ2n) is 3.81. The number of carbonyl (C=O) groups excluding carboxylic acids is 2. The molecular formula is C10H19N3O4. The number of hydrogen-bond acceptors (Lipinski definition) is 4. The number of aliphatic carboxylic acids is 1. The van der Waals surface area contributed by atoms with Crippen molar-refractivity contribution < 1.29 is 19.5 Å².